The van der Waals surface area contributed by atoms with E-state index in [1.807, 2.05) is 48.5 Å². The van der Waals surface area contributed by atoms with Crippen molar-refractivity contribution in [3.8, 4) is 17.2 Å². The van der Waals surface area contributed by atoms with Gasteiger partial charge in [-0.05, 0) is 42.0 Å². The summed E-state index contributed by atoms with van der Waals surface area (Å²) in [6.45, 7) is 1.18. The van der Waals surface area contributed by atoms with Crippen LogP contribution in [0.25, 0.3) is 0 Å². The van der Waals surface area contributed by atoms with E-state index in [1.54, 1.807) is 14.2 Å². The summed E-state index contributed by atoms with van der Waals surface area (Å²) in [4.78, 5) is 26.2. The van der Waals surface area contributed by atoms with E-state index in [2.05, 4.69) is 5.32 Å². The SMILES string of the molecule is COCCN1C(=O)C(CC(=O)NCc2ccc(Oc3ccc(OC)cc3)cc2)SC1=S. The van der Waals surface area contributed by atoms with Crippen LogP contribution in [0.2, 0.25) is 0 Å². The quantitative estimate of drug-likeness (QED) is 0.545. The first-order valence-corrected chi connectivity index (χ1v) is 11.0. The molecule has 1 fully saturated rings. The van der Waals surface area contributed by atoms with E-state index in [0.717, 1.165) is 11.3 Å². The molecule has 1 saturated heterocycles. The van der Waals surface area contributed by atoms with Crippen molar-refractivity contribution in [3.05, 3.63) is 54.1 Å². The predicted octanol–water partition coefficient (Wildman–Crippen LogP) is 3.37. The van der Waals surface area contributed by atoms with Crippen molar-refractivity contribution in [2.45, 2.75) is 18.2 Å². The van der Waals surface area contributed by atoms with E-state index in [0.29, 0.717) is 35.5 Å². The molecule has 0 aliphatic carbocycles. The molecule has 1 N–H and O–H groups in total. The first-order valence-electron chi connectivity index (χ1n) is 9.68. The van der Waals surface area contributed by atoms with Crippen LogP contribution in [0.4, 0.5) is 0 Å². The topological polar surface area (TPSA) is 77.1 Å². The molecule has 2 aromatic rings. The highest BCUT2D eigenvalue weighted by molar-refractivity contribution is 8.24. The van der Waals surface area contributed by atoms with Gasteiger partial charge in [0.25, 0.3) is 0 Å². The molecule has 3 rings (SSSR count). The average molecular weight is 461 g/mol. The van der Waals surface area contributed by atoms with Gasteiger partial charge in [-0.3, -0.25) is 14.5 Å². The minimum absolute atomic E-state index is 0.0891. The van der Waals surface area contributed by atoms with Gasteiger partial charge in [0, 0.05) is 20.1 Å². The van der Waals surface area contributed by atoms with Crippen molar-refractivity contribution >= 4 is 40.1 Å². The van der Waals surface area contributed by atoms with Crippen LogP contribution in [0, 0.1) is 0 Å². The fourth-order valence-corrected chi connectivity index (χ4v) is 4.45. The Balaban J connectivity index is 1.46. The van der Waals surface area contributed by atoms with E-state index >= 15 is 0 Å². The summed E-state index contributed by atoms with van der Waals surface area (Å²) >= 11 is 6.49. The van der Waals surface area contributed by atoms with Gasteiger partial charge in [0.05, 0.1) is 25.5 Å². The second kappa shape index (κ2) is 11.1. The van der Waals surface area contributed by atoms with Crippen LogP contribution in [-0.4, -0.2) is 53.7 Å². The summed E-state index contributed by atoms with van der Waals surface area (Å²) in [6, 6.07) is 14.8. The van der Waals surface area contributed by atoms with E-state index in [-0.39, 0.29) is 18.2 Å². The second-order valence-electron chi connectivity index (χ2n) is 6.76. The van der Waals surface area contributed by atoms with Gasteiger partial charge in [0.15, 0.2) is 0 Å². The van der Waals surface area contributed by atoms with Crippen molar-refractivity contribution in [1.82, 2.24) is 10.2 Å². The zero-order valence-electron chi connectivity index (χ0n) is 17.3. The molecule has 9 heteroatoms. The van der Waals surface area contributed by atoms with Crippen LogP contribution < -0.4 is 14.8 Å². The Kier molecular flexibility index (Phi) is 8.27. The third-order valence-corrected chi connectivity index (χ3v) is 6.19. The molecule has 1 heterocycles. The third-order valence-electron chi connectivity index (χ3n) is 4.60. The third kappa shape index (κ3) is 6.43. The second-order valence-corrected chi connectivity index (χ2v) is 8.59. The molecule has 1 aliphatic heterocycles. The summed E-state index contributed by atoms with van der Waals surface area (Å²) in [7, 11) is 3.18. The van der Waals surface area contributed by atoms with Crippen molar-refractivity contribution in [3.63, 3.8) is 0 Å². The van der Waals surface area contributed by atoms with Gasteiger partial charge in [-0.15, -0.1) is 0 Å². The monoisotopic (exact) mass is 460 g/mol. The number of carbonyl (C=O) groups is 2. The number of ether oxygens (including phenoxy) is 3. The molecule has 0 saturated carbocycles. The highest BCUT2D eigenvalue weighted by Gasteiger charge is 2.37. The van der Waals surface area contributed by atoms with Crippen molar-refractivity contribution in [1.29, 1.82) is 0 Å². The molecule has 0 spiro atoms. The molecule has 0 radical (unpaired) electrons. The van der Waals surface area contributed by atoms with Gasteiger partial charge in [0.1, 0.15) is 21.6 Å². The Bertz CT molecular complexity index is 919. The molecule has 1 unspecified atom stereocenters. The highest BCUT2D eigenvalue weighted by Crippen LogP contribution is 2.29. The molecule has 2 amide bonds. The number of hydrogen-bond donors (Lipinski definition) is 1. The van der Waals surface area contributed by atoms with Crippen molar-refractivity contribution < 1.29 is 23.8 Å². The molecule has 2 aromatic carbocycles. The Hall–Kier alpha value is -2.62. The minimum Gasteiger partial charge on any atom is -0.497 e. The van der Waals surface area contributed by atoms with Gasteiger partial charge < -0.3 is 19.5 Å². The highest BCUT2D eigenvalue weighted by atomic mass is 32.2. The molecule has 31 heavy (non-hydrogen) atoms. The first-order chi connectivity index (χ1) is 15.0. The lowest BCUT2D eigenvalue weighted by Gasteiger charge is -2.14. The van der Waals surface area contributed by atoms with Crippen LogP contribution in [0.5, 0.6) is 17.2 Å². The number of nitrogens with zero attached hydrogens (tertiary/aromatic N) is 1. The maximum absolute atomic E-state index is 12.4. The normalized spacial score (nSPS) is 15.8. The number of thiocarbonyl (C=S) groups is 1. The largest absolute Gasteiger partial charge is 0.497 e. The Morgan fingerprint density at radius 3 is 2.29 bits per heavy atom. The van der Waals surface area contributed by atoms with Crippen LogP contribution in [0.1, 0.15) is 12.0 Å². The Morgan fingerprint density at radius 1 is 1.06 bits per heavy atom. The molecule has 0 bridgehead atoms. The summed E-state index contributed by atoms with van der Waals surface area (Å²) < 4.78 is 16.4. The van der Waals surface area contributed by atoms with Gasteiger partial charge in [-0.2, -0.15) is 0 Å². The Labute approximate surface area is 191 Å². The predicted molar refractivity (Wildman–Crippen MR) is 124 cm³/mol. The number of methoxy groups -OCH3 is 2. The number of hydrogen-bond acceptors (Lipinski definition) is 7. The zero-order chi connectivity index (χ0) is 22.2. The molecular formula is C22H24N2O5S2. The number of thioether (sulfide) groups is 1. The Morgan fingerprint density at radius 2 is 1.68 bits per heavy atom. The summed E-state index contributed by atoms with van der Waals surface area (Å²) in [5, 5.41) is 2.37. The van der Waals surface area contributed by atoms with E-state index in [9.17, 15) is 9.59 Å². The van der Waals surface area contributed by atoms with Crippen LogP contribution in [0.15, 0.2) is 48.5 Å². The molecule has 1 atom stereocenters. The average Bonchev–Trinajstić information content (AvgIpc) is 3.04. The number of benzene rings is 2. The summed E-state index contributed by atoms with van der Waals surface area (Å²) in [5.74, 6) is 1.83. The minimum atomic E-state index is -0.482. The molecule has 7 nitrogen and oxygen atoms in total. The number of nitrogens with one attached hydrogen (secondary N) is 1. The van der Waals surface area contributed by atoms with E-state index in [4.69, 9.17) is 26.4 Å². The van der Waals surface area contributed by atoms with Gasteiger partial charge in [-0.25, -0.2) is 0 Å². The van der Waals surface area contributed by atoms with E-state index < -0.39 is 5.25 Å². The molecule has 1 aliphatic rings. The molecular weight excluding hydrogens is 436 g/mol. The smallest absolute Gasteiger partial charge is 0.242 e. The summed E-state index contributed by atoms with van der Waals surface area (Å²) in [6.07, 6.45) is 0.0891. The maximum atomic E-state index is 12.4. The molecule has 0 aromatic heterocycles. The van der Waals surface area contributed by atoms with Crippen molar-refractivity contribution in [2.75, 3.05) is 27.4 Å². The maximum Gasteiger partial charge on any atom is 0.242 e. The number of carbonyl (C=O) groups excluding carboxylic acids is 2. The number of amides is 2. The van der Waals surface area contributed by atoms with Gasteiger partial charge >= 0.3 is 0 Å². The van der Waals surface area contributed by atoms with Gasteiger partial charge in [0.2, 0.25) is 11.8 Å². The summed E-state index contributed by atoms with van der Waals surface area (Å²) in [5.41, 5.74) is 0.929. The zero-order valence-corrected chi connectivity index (χ0v) is 19.0. The lowest BCUT2D eigenvalue weighted by Crippen LogP contribution is -2.36. The van der Waals surface area contributed by atoms with Crippen LogP contribution in [-0.2, 0) is 20.9 Å². The van der Waals surface area contributed by atoms with Crippen LogP contribution in [0.3, 0.4) is 0 Å². The number of rotatable bonds is 10. The van der Waals surface area contributed by atoms with Crippen molar-refractivity contribution in [2.24, 2.45) is 0 Å². The fourth-order valence-electron chi connectivity index (χ4n) is 2.91. The fraction of sp³-hybridized carbons (Fsp3) is 0.318. The van der Waals surface area contributed by atoms with E-state index in [1.165, 1.54) is 16.7 Å². The molecule has 164 valence electrons. The van der Waals surface area contributed by atoms with Gasteiger partial charge in [-0.1, -0.05) is 36.1 Å². The lowest BCUT2D eigenvalue weighted by molar-refractivity contribution is -0.129. The lowest BCUT2D eigenvalue weighted by atomic mass is 10.2. The first kappa shape index (κ1) is 23.1. The van der Waals surface area contributed by atoms with Crippen LogP contribution >= 0.6 is 24.0 Å². The standard InChI is InChI=1S/C22H24N2O5S2/c1-27-12-11-24-21(26)19(31-22(24)30)13-20(25)23-14-15-3-5-17(6-4-15)29-18-9-7-16(28-2)8-10-18/h3-10,19H,11-14H2,1-2H3,(H,23,25).